The lowest BCUT2D eigenvalue weighted by atomic mass is 9.75. The summed E-state index contributed by atoms with van der Waals surface area (Å²) in [5, 5.41) is 34.1. The van der Waals surface area contributed by atoms with E-state index in [1.54, 1.807) is 26.8 Å². The highest BCUT2D eigenvalue weighted by Gasteiger charge is 2.74. The molecule has 41 heavy (non-hydrogen) atoms. The van der Waals surface area contributed by atoms with Crippen LogP contribution in [0.3, 0.4) is 0 Å². The summed E-state index contributed by atoms with van der Waals surface area (Å²) < 4.78 is 23.1. The summed E-state index contributed by atoms with van der Waals surface area (Å²) in [6.07, 6.45) is -0.166. The van der Waals surface area contributed by atoms with E-state index in [0.29, 0.717) is 12.0 Å². The average Bonchev–Trinajstić information content (AvgIpc) is 3.22. The lowest BCUT2D eigenvalue weighted by molar-refractivity contribution is -0.199. The van der Waals surface area contributed by atoms with Gasteiger partial charge in [0.1, 0.15) is 5.60 Å². The molecule has 1 heterocycles. The zero-order chi connectivity index (χ0) is 30.9. The fraction of sp³-hybridized carbons (Fsp3) is 0.733. The Morgan fingerprint density at radius 3 is 2.29 bits per heavy atom. The minimum absolute atomic E-state index is 0.0971. The van der Waals surface area contributed by atoms with Gasteiger partial charge in [-0.05, 0) is 52.2 Å². The first-order valence-electron chi connectivity index (χ1n) is 14.3. The Morgan fingerprint density at radius 1 is 1.07 bits per heavy atom. The van der Waals surface area contributed by atoms with Crippen LogP contribution in [0.5, 0.6) is 0 Å². The molecule has 3 aliphatic rings. The molecule has 0 aromatic rings. The van der Waals surface area contributed by atoms with Crippen LogP contribution in [0, 0.1) is 5.92 Å². The van der Waals surface area contributed by atoms with Crippen molar-refractivity contribution in [3.8, 4) is 0 Å². The zero-order valence-electron chi connectivity index (χ0n) is 25.0. The summed E-state index contributed by atoms with van der Waals surface area (Å²) in [6.45, 7) is 10.6. The van der Waals surface area contributed by atoms with Crippen LogP contribution in [0.15, 0.2) is 22.8 Å². The molecule has 0 radical (unpaired) electrons. The molecule has 3 rings (SSSR count). The van der Waals surface area contributed by atoms with Crippen molar-refractivity contribution >= 4 is 23.9 Å². The summed E-state index contributed by atoms with van der Waals surface area (Å²) >= 11 is 0. The van der Waals surface area contributed by atoms with Gasteiger partial charge in [0.15, 0.2) is 29.5 Å². The number of unbranched alkanes of at least 4 members (excludes halogenated alkanes) is 4. The molecule has 11 nitrogen and oxygen atoms in total. The van der Waals surface area contributed by atoms with Crippen LogP contribution in [-0.2, 0) is 38.1 Å². The lowest BCUT2D eigenvalue weighted by Crippen LogP contribution is -2.63. The molecule has 8 atom stereocenters. The Labute approximate surface area is 240 Å². The Balaban J connectivity index is 2.15. The molecular formula is C30H44O11. The number of aliphatic hydroxyl groups excluding tert-OH is 1. The van der Waals surface area contributed by atoms with Gasteiger partial charge in [0.05, 0.1) is 12.0 Å². The van der Waals surface area contributed by atoms with Crippen molar-refractivity contribution in [3.63, 3.8) is 0 Å². The van der Waals surface area contributed by atoms with Gasteiger partial charge in [-0.1, -0.05) is 38.7 Å². The minimum atomic E-state index is -2.55. The summed E-state index contributed by atoms with van der Waals surface area (Å²) in [5.41, 5.74) is -5.99. The molecular weight excluding hydrogens is 536 g/mol. The third-order valence-corrected chi connectivity index (χ3v) is 8.81. The summed E-state index contributed by atoms with van der Waals surface area (Å²) in [6, 6.07) is 0. The monoisotopic (exact) mass is 580 g/mol. The van der Waals surface area contributed by atoms with Gasteiger partial charge in [0, 0.05) is 25.3 Å². The van der Waals surface area contributed by atoms with Crippen LogP contribution >= 0.6 is 0 Å². The maximum atomic E-state index is 13.1. The maximum Gasteiger partial charge on any atom is 0.341 e. The minimum Gasteiger partial charge on any atom is -0.459 e. The quantitative estimate of drug-likeness (QED) is 0.114. The number of hydrogen-bond donors (Lipinski definition) is 3. The van der Waals surface area contributed by atoms with Crippen molar-refractivity contribution in [1.82, 2.24) is 0 Å². The van der Waals surface area contributed by atoms with Gasteiger partial charge in [-0.2, -0.15) is 0 Å². The largest absolute Gasteiger partial charge is 0.459 e. The van der Waals surface area contributed by atoms with Crippen LogP contribution in [0.25, 0.3) is 0 Å². The van der Waals surface area contributed by atoms with Crippen LogP contribution in [-0.4, -0.2) is 80.4 Å². The lowest BCUT2D eigenvalue weighted by Gasteiger charge is -2.40. The van der Waals surface area contributed by atoms with Gasteiger partial charge in [0.2, 0.25) is 0 Å². The molecule has 0 aromatic carbocycles. The topological polar surface area (TPSA) is 166 Å². The fourth-order valence-corrected chi connectivity index (χ4v) is 6.38. The van der Waals surface area contributed by atoms with Gasteiger partial charge in [-0.25, -0.2) is 9.59 Å². The van der Waals surface area contributed by atoms with Gasteiger partial charge in [-0.15, -0.1) is 0 Å². The molecule has 1 saturated heterocycles. The first-order chi connectivity index (χ1) is 19.1. The second kappa shape index (κ2) is 12.2. The third kappa shape index (κ3) is 5.81. The van der Waals surface area contributed by atoms with Crippen molar-refractivity contribution in [2.24, 2.45) is 5.92 Å². The van der Waals surface area contributed by atoms with E-state index in [4.69, 9.17) is 18.9 Å². The molecule has 1 aliphatic heterocycles. The van der Waals surface area contributed by atoms with E-state index in [0.717, 1.165) is 32.6 Å². The highest BCUT2D eigenvalue weighted by molar-refractivity contribution is 5.88. The van der Waals surface area contributed by atoms with Gasteiger partial charge in [0.25, 0.3) is 0 Å². The Hall–Kier alpha value is -2.76. The van der Waals surface area contributed by atoms with Crippen LogP contribution in [0.4, 0.5) is 0 Å². The second-order valence-electron chi connectivity index (χ2n) is 11.8. The van der Waals surface area contributed by atoms with E-state index in [1.165, 1.54) is 13.8 Å². The Kier molecular flexibility index (Phi) is 9.77. The average molecular weight is 581 g/mol. The molecule has 0 bridgehead atoms. The molecule has 1 saturated carbocycles. The molecule has 2 aliphatic carbocycles. The second-order valence-corrected chi connectivity index (χ2v) is 11.8. The molecule has 2 fully saturated rings. The Morgan fingerprint density at radius 2 is 1.71 bits per heavy atom. The summed E-state index contributed by atoms with van der Waals surface area (Å²) in [4.78, 5) is 51.2. The molecule has 3 N–H and O–H groups in total. The number of fused-ring (bicyclic) bond motifs is 3. The summed E-state index contributed by atoms with van der Waals surface area (Å²) in [5.74, 6) is -4.23. The predicted molar refractivity (Wildman–Crippen MR) is 145 cm³/mol. The molecule has 11 heteroatoms. The molecule has 0 aromatic heterocycles. The first-order valence-corrected chi connectivity index (χ1v) is 14.3. The molecule has 0 amide bonds. The highest BCUT2D eigenvalue weighted by atomic mass is 16.6. The van der Waals surface area contributed by atoms with E-state index < -0.39 is 77.4 Å². The van der Waals surface area contributed by atoms with Crippen molar-refractivity contribution in [1.29, 1.82) is 0 Å². The number of hydrogen-bond acceptors (Lipinski definition) is 11. The van der Waals surface area contributed by atoms with E-state index >= 15 is 0 Å². The number of rotatable bonds is 10. The Bertz CT molecular complexity index is 1120. The molecule has 0 spiro atoms. The number of esters is 4. The first kappa shape index (κ1) is 32.8. The smallest absolute Gasteiger partial charge is 0.341 e. The van der Waals surface area contributed by atoms with Crippen molar-refractivity contribution in [3.05, 3.63) is 22.8 Å². The van der Waals surface area contributed by atoms with Gasteiger partial charge >= 0.3 is 23.9 Å². The predicted octanol–water partition coefficient (Wildman–Crippen LogP) is 2.58. The number of aliphatic hydroxyl groups is 3. The molecule has 230 valence electrons. The zero-order valence-corrected chi connectivity index (χ0v) is 25.0. The summed E-state index contributed by atoms with van der Waals surface area (Å²) in [7, 11) is 0. The standard InChI is InChI=1S/C30H44O11/c1-8-10-11-12-13-14-20(33)38-24-22-21(17(4)23(24)39-26(34)16(3)9-2)25-30(37,29(7,36)27(35)40-25)19(32)15-28(22,6)41-18(5)31/h9,19,22-25,32,36-37H,8,10-15H2,1-7H3/b16-9+/t19-,22?,23-,24?,25-,28-,29+,30+/m1/s1. The van der Waals surface area contributed by atoms with Crippen LogP contribution < -0.4 is 0 Å². The van der Waals surface area contributed by atoms with E-state index in [-0.39, 0.29) is 17.6 Å². The number of allylic oxidation sites excluding steroid dienone is 1. The van der Waals surface area contributed by atoms with Crippen molar-refractivity contribution in [2.75, 3.05) is 0 Å². The number of carbonyl (C=O) groups excluding carboxylic acids is 4. The van der Waals surface area contributed by atoms with Gasteiger partial charge < -0.3 is 34.3 Å². The van der Waals surface area contributed by atoms with Crippen molar-refractivity contribution < 1.29 is 53.4 Å². The van der Waals surface area contributed by atoms with Crippen LogP contribution in [0.2, 0.25) is 0 Å². The maximum absolute atomic E-state index is 13.1. The molecule has 2 unspecified atom stereocenters. The van der Waals surface area contributed by atoms with E-state index in [9.17, 15) is 34.5 Å². The van der Waals surface area contributed by atoms with Crippen molar-refractivity contribution in [2.45, 2.75) is 135 Å². The number of carbonyl (C=O) groups is 4. The van der Waals surface area contributed by atoms with E-state index in [2.05, 4.69) is 6.92 Å². The fourth-order valence-electron chi connectivity index (χ4n) is 6.38. The van der Waals surface area contributed by atoms with Gasteiger partial charge in [-0.3, -0.25) is 9.59 Å². The number of ether oxygens (including phenoxy) is 4. The highest BCUT2D eigenvalue weighted by Crippen LogP contribution is 2.56. The van der Waals surface area contributed by atoms with E-state index in [1.807, 2.05) is 0 Å². The SMILES string of the molecule is C/C=C(\C)C(=O)O[C@@H]1C(C)=C2C(C1OC(=O)CCCCCCC)[C@](C)(OC(C)=O)C[C@@H](O)[C@]1(O)[C@@H]2OC(=O)[C@]1(C)O. The third-order valence-electron chi connectivity index (χ3n) is 8.81. The van der Waals surface area contributed by atoms with Crippen LogP contribution in [0.1, 0.15) is 93.4 Å². The normalized spacial score (nSPS) is 36.7.